The van der Waals surface area contributed by atoms with Gasteiger partial charge in [0.25, 0.3) is 0 Å². The van der Waals surface area contributed by atoms with Crippen molar-refractivity contribution < 1.29 is 9.90 Å². The largest absolute Gasteiger partial charge is 0.480 e. The molecular weight excluding hydrogens is 378 g/mol. The maximum Gasteiger partial charge on any atom is 0.323 e. The number of piperazine rings is 1. The van der Waals surface area contributed by atoms with Crippen LogP contribution >= 0.6 is 0 Å². The predicted molar refractivity (Wildman–Crippen MR) is 122 cm³/mol. The number of pyridine rings is 1. The van der Waals surface area contributed by atoms with Crippen molar-refractivity contribution in [2.45, 2.75) is 46.2 Å². The molecule has 0 aliphatic carbocycles. The Morgan fingerprint density at radius 3 is 2.83 bits per heavy atom. The van der Waals surface area contributed by atoms with Crippen molar-refractivity contribution in [2.75, 3.05) is 39.3 Å². The Labute approximate surface area is 179 Å². The maximum absolute atomic E-state index is 11.6. The Morgan fingerprint density at radius 2 is 2.13 bits per heavy atom. The third-order valence-electron chi connectivity index (χ3n) is 5.68. The molecule has 0 amide bonds. The molecule has 7 heteroatoms. The van der Waals surface area contributed by atoms with Gasteiger partial charge in [0.15, 0.2) is 0 Å². The number of hydrogen-bond donors (Lipinski definition) is 3. The summed E-state index contributed by atoms with van der Waals surface area (Å²) in [6.45, 7) is 11.2. The fourth-order valence-electron chi connectivity index (χ4n) is 4.25. The zero-order chi connectivity index (χ0) is 21.3. The molecule has 164 valence electrons. The van der Waals surface area contributed by atoms with Gasteiger partial charge in [-0.25, -0.2) is 0 Å². The zero-order valence-electron chi connectivity index (χ0n) is 18.3. The second-order valence-corrected chi connectivity index (χ2v) is 7.78. The number of hydrogen-bond acceptors (Lipinski definition) is 5. The summed E-state index contributed by atoms with van der Waals surface area (Å²) < 4.78 is 1.92. The molecule has 7 nitrogen and oxygen atoms in total. The molecule has 0 saturated carbocycles. The molecule has 1 aliphatic rings. The van der Waals surface area contributed by atoms with Gasteiger partial charge in [-0.1, -0.05) is 19.9 Å². The van der Waals surface area contributed by atoms with E-state index < -0.39 is 5.97 Å². The molecule has 0 unspecified atom stereocenters. The van der Waals surface area contributed by atoms with Gasteiger partial charge in [0.2, 0.25) is 0 Å². The van der Waals surface area contributed by atoms with Gasteiger partial charge in [-0.3, -0.25) is 9.78 Å². The van der Waals surface area contributed by atoms with Gasteiger partial charge in [0.05, 0.1) is 11.2 Å². The lowest BCUT2D eigenvalue weighted by Crippen LogP contribution is -2.44. The molecule has 0 spiro atoms. The molecule has 2 aromatic rings. The Bertz CT molecular complexity index is 868. The quantitative estimate of drug-likeness (QED) is 0.491. The Morgan fingerprint density at radius 1 is 1.33 bits per heavy atom. The van der Waals surface area contributed by atoms with E-state index in [1.54, 1.807) is 0 Å². The van der Waals surface area contributed by atoms with E-state index in [2.05, 4.69) is 46.5 Å². The minimum atomic E-state index is -0.834. The van der Waals surface area contributed by atoms with E-state index >= 15 is 0 Å². The monoisotopic (exact) mass is 413 g/mol. The number of rotatable bonds is 11. The fraction of sp³-hybridized carbons (Fsp3) is 0.565. The number of nitrogens with zero attached hydrogens (tertiary/aromatic N) is 3. The summed E-state index contributed by atoms with van der Waals surface area (Å²) in [5.41, 5.74) is 4.05. The first-order valence-electron chi connectivity index (χ1n) is 11.2. The molecule has 3 N–H and O–H groups in total. The summed E-state index contributed by atoms with van der Waals surface area (Å²) in [7, 11) is 0. The second kappa shape index (κ2) is 11.2. The lowest BCUT2D eigenvalue weighted by molar-refractivity contribution is -0.137. The van der Waals surface area contributed by atoms with Crippen molar-refractivity contribution in [1.29, 1.82) is 0 Å². The van der Waals surface area contributed by atoms with Crippen molar-refractivity contribution in [2.24, 2.45) is 0 Å². The van der Waals surface area contributed by atoms with Crippen LogP contribution in [0, 0.1) is 0 Å². The van der Waals surface area contributed by atoms with E-state index in [0.717, 1.165) is 80.8 Å². The van der Waals surface area contributed by atoms with E-state index in [4.69, 9.17) is 0 Å². The summed E-state index contributed by atoms with van der Waals surface area (Å²) >= 11 is 0. The third-order valence-corrected chi connectivity index (χ3v) is 5.68. The molecule has 1 aliphatic heterocycles. The predicted octanol–water partition coefficient (Wildman–Crippen LogP) is 2.49. The van der Waals surface area contributed by atoms with Crippen LogP contribution < -0.4 is 10.6 Å². The zero-order valence-corrected chi connectivity index (χ0v) is 18.3. The Balaban J connectivity index is 1.77. The average Bonchev–Trinajstić information content (AvgIpc) is 3.05. The van der Waals surface area contributed by atoms with Crippen LogP contribution in [0.5, 0.6) is 0 Å². The number of aliphatic carboxylic acids is 1. The van der Waals surface area contributed by atoms with Gasteiger partial charge in [0.1, 0.15) is 6.54 Å². The molecule has 0 aromatic carbocycles. The van der Waals surface area contributed by atoms with Crippen molar-refractivity contribution in [3.8, 4) is 0 Å². The number of aromatic nitrogens is 2. The molecule has 0 radical (unpaired) electrons. The second-order valence-electron chi connectivity index (χ2n) is 7.78. The van der Waals surface area contributed by atoms with Crippen molar-refractivity contribution in [3.05, 3.63) is 35.3 Å². The summed E-state index contributed by atoms with van der Waals surface area (Å²) in [6, 6.07) is 2.02. The van der Waals surface area contributed by atoms with Crippen LogP contribution in [0.15, 0.2) is 18.3 Å². The fourth-order valence-corrected chi connectivity index (χ4v) is 4.25. The van der Waals surface area contributed by atoms with Gasteiger partial charge in [0, 0.05) is 50.0 Å². The molecule has 2 aromatic heterocycles. The summed E-state index contributed by atoms with van der Waals surface area (Å²) in [6.07, 6.45) is 8.86. The van der Waals surface area contributed by atoms with E-state index in [9.17, 15) is 9.90 Å². The van der Waals surface area contributed by atoms with Crippen LogP contribution in [0.2, 0.25) is 0 Å². The van der Waals surface area contributed by atoms with Gasteiger partial charge >= 0.3 is 5.97 Å². The lowest BCUT2D eigenvalue weighted by Gasteiger charge is -2.27. The van der Waals surface area contributed by atoms with E-state index in [0.29, 0.717) is 6.54 Å². The van der Waals surface area contributed by atoms with Gasteiger partial charge in [-0.2, -0.15) is 0 Å². The molecule has 1 saturated heterocycles. The number of allylic oxidation sites excluding steroid dienone is 1. The van der Waals surface area contributed by atoms with Crippen LogP contribution in [0.1, 0.15) is 43.6 Å². The first kappa shape index (κ1) is 22.5. The molecule has 0 bridgehead atoms. The number of aryl methyl sites for hydroxylation is 1. The molecule has 30 heavy (non-hydrogen) atoms. The van der Waals surface area contributed by atoms with Gasteiger partial charge < -0.3 is 25.2 Å². The molecule has 0 atom stereocenters. The van der Waals surface area contributed by atoms with E-state index in [1.807, 2.05) is 16.8 Å². The van der Waals surface area contributed by atoms with Crippen LogP contribution in [0.25, 0.3) is 17.0 Å². The van der Waals surface area contributed by atoms with Crippen molar-refractivity contribution in [3.63, 3.8) is 0 Å². The number of carboxylic acid groups (broad SMARTS) is 1. The molecule has 1 fully saturated rings. The van der Waals surface area contributed by atoms with Crippen LogP contribution in [0.3, 0.4) is 0 Å². The minimum absolute atomic E-state index is 0.0540. The highest BCUT2D eigenvalue weighted by atomic mass is 16.4. The summed E-state index contributed by atoms with van der Waals surface area (Å²) in [5.74, 6) is -0.834. The summed E-state index contributed by atoms with van der Waals surface area (Å²) in [5, 5.41) is 17.5. The number of carboxylic acids is 1. The highest BCUT2D eigenvalue weighted by molar-refractivity contribution is 5.90. The van der Waals surface area contributed by atoms with Crippen LogP contribution in [-0.2, 0) is 24.3 Å². The Hall–Kier alpha value is -2.22. The van der Waals surface area contributed by atoms with Gasteiger partial charge in [-0.05, 0) is 50.1 Å². The molecule has 3 rings (SSSR count). The summed E-state index contributed by atoms with van der Waals surface area (Å²) in [4.78, 5) is 18.7. The van der Waals surface area contributed by atoms with E-state index in [1.165, 1.54) is 5.56 Å². The average molecular weight is 414 g/mol. The smallest absolute Gasteiger partial charge is 0.323 e. The van der Waals surface area contributed by atoms with Gasteiger partial charge in [-0.15, -0.1) is 0 Å². The maximum atomic E-state index is 11.6. The molecular formula is C23H35N5O2. The van der Waals surface area contributed by atoms with E-state index in [-0.39, 0.29) is 6.54 Å². The first-order chi connectivity index (χ1) is 14.7. The number of fused-ring (bicyclic) bond motifs is 1. The molecule has 3 heterocycles. The highest BCUT2D eigenvalue weighted by Gasteiger charge is 2.19. The minimum Gasteiger partial charge on any atom is -0.480 e. The topological polar surface area (TPSA) is 82.4 Å². The van der Waals surface area contributed by atoms with Crippen LogP contribution in [-0.4, -0.2) is 64.8 Å². The van der Waals surface area contributed by atoms with Crippen molar-refractivity contribution in [1.82, 2.24) is 25.1 Å². The first-order valence-corrected chi connectivity index (χ1v) is 11.2. The van der Waals surface area contributed by atoms with Crippen LogP contribution in [0.4, 0.5) is 0 Å². The lowest BCUT2D eigenvalue weighted by atomic mass is 10.1. The third kappa shape index (κ3) is 5.47. The number of carbonyl (C=O) groups is 1. The Kier molecular flexibility index (Phi) is 8.42. The normalized spacial score (nSPS) is 15.4. The number of nitrogens with one attached hydrogen (secondary N) is 2. The standard InChI is InChI=1S/C23H35N5O2/c1-3-5-7-21-18(4-2)19-8-10-26-20(23(19)28(21)17-22(29)30)16-25-9-6-13-27-14-11-24-12-15-27/h5,7-8,10,24-25H,3-4,6,9,11-17H2,1-2H3,(H,29,30)/b7-5-. The highest BCUT2D eigenvalue weighted by Crippen LogP contribution is 2.30. The SMILES string of the molecule is CC/C=C\c1c(CC)c2ccnc(CNCCCN3CCNCC3)c2n1CC(=O)O. The van der Waals surface area contributed by atoms with Crippen molar-refractivity contribution >= 4 is 22.9 Å².